The molecule has 5 nitrogen and oxygen atoms in total. The van der Waals surface area contributed by atoms with E-state index in [-0.39, 0.29) is 23.3 Å². The van der Waals surface area contributed by atoms with Crippen molar-refractivity contribution in [3.05, 3.63) is 53.1 Å². The molecule has 2 aromatic carbocycles. The predicted octanol–water partition coefficient (Wildman–Crippen LogP) is 5.38. The van der Waals surface area contributed by atoms with Crippen molar-refractivity contribution in [2.45, 2.75) is 70.7 Å². The van der Waals surface area contributed by atoms with Crippen LogP contribution in [0.4, 0.5) is 5.69 Å². The number of halogens is 1. The highest BCUT2D eigenvalue weighted by Crippen LogP contribution is 2.46. The minimum absolute atomic E-state index is 0.00520. The summed E-state index contributed by atoms with van der Waals surface area (Å²) in [7, 11) is 0. The van der Waals surface area contributed by atoms with Gasteiger partial charge in [0.05, 0.1) is 22.4 Å². The summed E-state index contributed by atoms with van der Waals surface area (Å²) >= 11 is 6.47. The van der Waals surface area contributed by atoms with Gasteiger partial charge >= 0.3 is 0 Å². The number of hydrogen-bond donors (Lipinski definition) is 1. The number of phenols is 1. The Bertz CT molecular complexity index is 964. The largest absolute Gasteiger partial charge is 0.504 e. The first kappa shape index (κ1) is 22.0. The van der Waals surface area contributed by atoms with Crippen LogP contribution in [0, 0.1) is 0 Å². The number of carbonyl (C=O) groups excluding carboxylic acids is 1. The molecule has 0 bridgehead atoms. The van der Waals surface area contributed by atoms with Crippen molar-refractivity contribution in [1.29, 1.82) is 0 Å². The lowest BCUT2D eigenvalue weighted by Gasteiger charge is -2.48. The summed E-state index contributed by atoms with van der Waals surface area (Å²) in [5.74, 6) is 0.866. The van der Waals surface area contributed by atoms with Gasteiger partial charge in [-0.1, -0.05) is 29.8 Å². The Morgan fingerprint density at radius 3 is 2.71 bits per heavy atom. The van der Waals surface area contributed by atoms with Gasteiger partial charge in [0.1, 0.15) is 0 Å². The molecule has 1 spiro atoms. The lowest BCUT2D eigenvalue weighted by molar-refractivity contribution is -0.117. The number of nitrogens with zero attached hydrogens (tertiary/aromatic N) is 2. The second kappa shape index (κ2) is 8.71. The summed E-state index contributed by atoms with van der Waals surface area (Å²) in [6.07, 6.45) is 3.29. The van der Waals surface area contributed by atoms with Crippen LogP contribution < -0.4 is 9.64 Å². The first-order chi connectivity index (χ1) is 14.8. The molecule has 2 fully saturated rings. The highest BCUT2D eigenvalue weighted by Gasteiger charge is 2.49. The molecule has 1 N–H and O–H groups in total. The van der Waals surface area contributed by atoms with Gasteiger partial charge in [-0.05, 0) is 69.9 Å². The number of likely N-dealkylation sites (tertiary alicyclic amines) is 1. The molecule has 2 aliphatic heterocycles. The number of aromatic hydroxyl groups is 1. The quantitative estimate of drug-likeness (QED) is 0.675. The van der Waals surface area contributed by atoms with Gasteiger partial charge in [-0.2, -0.15) is 0 Å². The van der Waals surface area contributed by atoms with Crippen molar-refractivity contribution in [3.8, 4) is 11.5 Å². The molecule has 31 heavy (non-hydrogen) atoms. The lowest BCUT2D eigenvalue weighted by atomic mass is 9.81. The number of anilines is 1. The van der Waals surface area contributed by atoms with E-state index in [4.69, 9.17) is 16.3 Å². The van der Waals surface area contributed by atoms with E-state index in [1.807, 2.05) is 55.1 Å². The Kier molecular flexibility index (Phi) is 6.18. The van der Waals surface area contributed by atoms with E-state index in [9.17, 15) is 9.90 Å². The Morgan fingerprint density at radius 2 is 2.00 bits per heavy atom. The van der Waals surface area contributed by atoms with E-state index in [1.165, 1.54) is 0 Å². The zero-order chi connectivity index (χ0) is 22.2. The molecule has 4 rings (SSSR count). The van der Waals surface area contributed by atoms with E-state index in [1.54, 1.807) is 6.07 Å². The van der Waals surface area contributed by atoms with Crippen molar-refractivity contribution in [1.82, 2.24) is 4.90 Å². The number of para-hydroxylation sites is 1. The molecular weight excluding hydrogens is 412 g/mol. The number of ether oxygens (including phenoxy) is 1. The van der Waals surface area contributed by atoms with Crippen LogP contribution in [0.3, 0.4) is 0 Å². The number of amides is 1. The van der Waals surface area contributed by atoms with Crippen LogP contribution >= 0.6 is 11.6 Å². The third-order valence-corrected chi connectivity index (χ3v) is 6.88. The molecule has 0 aromatic heterocycles. The topological polar surface area (TPSA) is 53.0 Å². The zero-order valence-electron chi connectivity index (χ0n) is 18.5. The second-order valence-corrected chi connectivity index (χ2v) is 9.55. The van der Waals surface area contributed by atoms with Gasteiger partial charge in [-0.3, -0.25) is 9.69 Å². The Labute approximate surface area is 189 Å². The first-order valence-electron chi connectivity index (χ1n) is 11.1. The summed E-state index contributed by atoms with van der Waals surface area (Å²) in [5, 5.41) is 10.7. The fourth-order valence-corrected chi connectivity index (χ4v) is 5.33. The van der Waals surface area contributed by atoms with Crippen LogP contribution in [0.2, 0.25) is 5.02 Å². The van der Waals surface area contributed by atoms with Gasteiger partial charge in [0.25, 0.3) is 0 Å². The summed E-state index contributed by atoms with van der Waals surface area (Å²) in [5.41, 5.74) is 1.78. The SMILES string of the molecule is CC(C)Oc1cc(CN2CC[C@]3(CCC(=O)N3c3ccccc3Cl)C[C@@H]2C)ccc1O. The van der Waals surface area contributed by atoms with E-state index >= 15 is 0 Å². The third kappa shape index (κ3) is 4.39. The van der Waals surface area contributed by atoms with Crippen LogP contribution in [0.25, 0.3) is 0 Å². The molecular formula is C25H31ClN2O3. The minimum atomic E-state index is -0.168. The second-order valence-electron chi connectivity index (χ2n) is 9.15. The smallest absolute Gasteiger partial charge is 0.227 e. The number of hydrogen-bond acceptors (Lipinski definition) is 4. The summed E-state index contributed by atoms with van der Waals surface area (Å²) in [6.45, 7) is 7.82. The molecule has 2 saturated heterocycles. The van der Waals surface area contributed by atoms with Gasteiger partial charge in [-0.25, -0.2) is 0 Å². The maximum Gasteiger partial charge on any atom is 0.227 e. The summed E-state index contributed by atoms with van der Waals surface area (Å²) in [6, 6.07) is 13.6. The number of rotatable bonds is 5. The normalized spacial score (nSPS) is 24.4. The molecule has 0 aliphatic carbocycles. The monoisotopic (exact) mass is 442 g/mol. The van der Waals surface area contributed by atoms with E-state index in [0.29, 0.717) is 23.2 Å². The zero-order valence-corrected chi connectivity index (χ0v) is 19.2. The molecule has 1 amide bonds. The van der Waals surface area contributed by atoms with Crippen LogP contribution in [-0.4, -0.2) is 40.1 Å². The molecule has 2 aromatic rings. The summed E-state index contributed by atoms with van der Waals surface area (Å²) < 4.78 is 5.74. The molecule has 2 heterocycles. The van der Waals surface area contributed by atoms with E-state index in [0.717, 1.165) is 43.6 Å². The number of phenolic OH excluding ortho intramolecular Hbond substituents is 1. The van der Waals surface area contributed by atoms with Gasteiger partial charge in [0.15, 0.2) is 11.5 Å². The highest BCUT2D eigenvalue weighted by atomic mass is 35.5. The maximum atomic E-state index is 12.9. The van der Waals surface area contributed by atoms with Crippen LogP contribution in [0.1, 0.15) is 52.0 Å². The van der Waals surface area contributed by atoms with Crippen molar-refractivity contribution < 1.29 is 14.6 Å². The fourth-order valence-electron chi connectivity index (χ4n) is 5.11. The van der Waals surface area contributed by atoms with Gasteiger partial charge in [0, 0.05) is 25.6 Å². The van der Waals surface area contributed by atoms with Crippen molar-refractivity contribution >= 4 is 23.2 Å². The standard InChI is InChI=1S/C25H31ClN2O3/c1-17(2)31-23-14-19(8-9-22(23)29)16-27-13-12-25(15-18(27)3)11-10-24(30)28(25)21-7-5-4-6-20(21)26/h4-9,14,17-18,29H,10-13,15-16H2,1-3H3/t18-,25+/m0/s1. The predicted molar refractivity (Wildman–Crippen MR) is 124 cm³/mol. The Hall–Kier alpha value is -2.24. The molecule has 0 saturated carbocycles. The van der Waals surface area contributed by atoms with Crippen molar-refractivity contribution in [2.75, 3.05) is 11.4 Å². The highest BCUT2D eigenvalue weighted by molar-refractivity contribution is 6.34. The molecule has 166 valence electrons. The van der Waals surface area contributed by atoms with Gasteiger partial charge in [0.2, 0.25) is 5.91 Å². The third-order valence-electron chi connectivity index (χ3n) is 6.56. The molecule has 2 aliphatic rings. The molecule has 6 heteroatoms. The van der Waals surface area contributed by atoms with Gasteiger partial charge in [-0.15, -0.1) is 0 Å². The van der Waals surface area contributed by atoms with Gasteiger partial charge < -0.3 is 14.7 Å². The Morgan fingerprint density at radius 1 is 1.23 bits per heavy atom. The number of carbonyl (C=O) groups is 1. The Balaban J connectivity index is 1.51. The lowest BCUT2D eigenvalue weighted by Crippen LogP contribution is -2.56. The molecule has 2 atom stereocenters. The average molecular weight is 443 g/mol. The number of piperidine rings is 1. The van der Waals surface area contributed by atoms with E-state index < -0.39 is 0 Å². The van der Waals surface area contributed by atoms with Crippen LogP contribution in [-0.2, 0) is 11.3 Å². The van der Waals surface area contributed by atoms with Crippen LogP contribution in [0.5, 0.6) is 11.5 Å². The summed E-state index contributed by atoms with van der Waals surface area (Å²) in [4.78, 5) is 17.3. The fraction of sp³-hybridized carbons (Fsp3) is 0.480. The van der Waals surface area contributed by atoms with Crippen molar-refractivity contribution in [2.24, 2.45) is 0 Å². The first-order valence-corrected chi connectivity index (χ1v) is 11.5. The molecule has 0 unspecified atom stereocenters. The van der Waals surface area contributed by atoms with E-state index in [2.05, 4.69) is 11.8 Å². The van der Waals surface area contributed by atoms with Crippen LogP contribution in [0.15, 0.2) is 42.5 Å². The maximum absolute atomic E-state index is 12.9. The number of benzene rings is 2. The van der Waals surface area contributed by atoms with Crippen molar-refractivity contribution in [3.63, 3.8) is 0 Å². The minimum Gasteiger partial charge on any atom is -0.504 e. The average Bonchev–Trinajstić information content (AvgIpc) is 3.02. The molecule has 0 radical (unpaired) electrons.